The largest absolute Gasteiger partial charge is 0.388 e. The molecule has 3 aromatic rings. The number of thioether (sulfide) groups is 1. The molecule has 234 valence electrons. The van der Waals surface area contributed by atoms with E-state index in [9.17, 15) is 18.3 Å². The van der Waals surface area contributed by atoms with Gasteiger partial charge in [0.05, 0.1) is 23.7 Å². The Kier molecular flexibility index (Phi) is 8.37. The summed E-state index contributed by atoms with van der Waals surface area (Å²) < 4.78 is 73.5. The molecule has 0 radical (unpaired) electrons. The molecule has 0 spiro atoms. The Labute approximate surface area is 251 Å². The second kappa shape index (κ2) is 11.8. The van der Waals surface area contributed by atoms with Gasteiger partial charge in [-0.3, -0.25) is 0 Å². The molecule has 1 saturated carbocycles. The number of aliphatic hydroxyl groups is 1. The zero-order valence-corrected chi connectivity index (χ0v) is 25.2. The van der Waals surface area contributed by atoms with Crippen molar-refractivity contribution in [3.63, 3.8) is 0 Å². The zero-order valence-electron chi connectivity index (χ0n) is 24.3. The highest BCUT2D eigenvalue weighted by molar-refractivity contribution is 8.00. The highest BCUT2D eigenvalue weighted by Crippen LogP contribution is 2.52. The smallest absolute Gasteiger partial charge is 0.194 e. The Morgan fingerprint density at radius 2 is 1.86 bits per heavy atom. The first kappa shape index (κ1) is 30.5. The van der Waals surface area contributed by atoms with E-state index < -0.39 is 63.9 Å². The van der Waals surface area contributed by atoms with Crippen molar-refractivity contribution in [2.75, 3.05) is 13.7 Å². The lowest BCUT2D eigenvalue weighted by Crippen LogP contribution is -2.62. The first-order valence-electron chi connectivity index (χ1n) is 14.3. The number of benzene rings is 1. The number of nitrogens with zero attached hydrogens (tertiary/aromatic N) is 4. The van der Waals surface area contributed by atoms with E-state index in [1.54, 1.807) is 27.2 Å². The Balaban J connectivity index is 1.38. The van der Waals surface area contributed by atoms with Gasteiger partial charge in [-0.25, -0.2) is 17.9 Å². The standard InChI is InChI=1S/C29H35F3N4O6S/c1-15-13-40-34-22(15)26(29(37)8-6-5-7-9-29)43-27-25(38-4)23(24-20(41-27)14-39-28(2,3)42-24)36-12-19(33-35-36)16-10-17(30)21(32)18(31)11-16/h10-13,20,23-27,37H,5-9,14H2,1-4H3/t20-,23+,24+,25-,26?,27+/m1/s1. The molecule has 6 rings (SSSR count). The summed E-state index contributed by atoms with van der Waals surface area (Å²) in [6, 6.07) is 1.12. The number of hydrogen-bond donors (Lipinski definition) is 1. The molecule has 2 aliphatic heterocycles. The van der Waals surface area contributed by atoms with Crippen molar-refractivity contribution in [3.05, 3.63) is 53.3 Å². The monoisotopic (exact) mass is 624 g/mol. The van der Waals surface area contributed by atoms with Crippen LogP contribution in [0.25, 0.3) is 11.3 Å². The average molecular weight is 625 g/mol. The van der Waals surface area contributed by atoms with Crippen LogP contribution in [0.4, 0.5) is 13.2 Å². The van der Waals surface area contributed by atoms with Crippen molar-refractivity contribution in [2.45, 2.75) is 99.3 Å². The predicted octanol–water partition coefficient (Wildman–Crippen LogP) is 5.26. The molecule has 1 aliphatic carbocycles. The first-order valence-corrected chi connectivity index (χ1v) is 15.3. The molecule has 14 heteroatoms. The molecule has 3 fully saturated rings. The first-order chi connectivity index (χ1) is 20.5. The van der Waals surface area contributed by atoms with Crippen molar-refractivity contribution < 1.29 is 41.7 Å². The molecule has 10 nitrogen and oxygen atoms in total. The lowest BCUT2D eigenvalue weighted by molar-refractivity contribution is -0.342. The van der Waals surface area contributed by atoms with Gasteiger partial charge in [-0.15, -0.1) is 16.9 Å². The number of rotatable bonds is 7. The predicted molar refractivity (Wildman–Crippen MR) is 148 cm³/mol. The van der Waals surface area contributed by atoms with Gasteiger partial charge in [0, 0.05) is 18.2 Å². The van der Waals surface area contributed by atoms with Crippen LogP contribution in [0, 0.1) is 24.4 Å². The van der Waals surface area contributed by atoms with Crippen LogP contribution in [-0.4, -0.2) is 74.1 Å². The molecule has 43 heavy (non-hydrogen) atoms. The van der Waals surface area contributed by atoms with Crippen molar-refractivity contribution in [2.24, 2.45) is 0 Å². The summed E-state index contributed by atoms with van der Waals surface area (Å²) in [5.41, 5.74) is -0.0601. The van der Waals surface area contributed by atoms with Crippen LogP contribution in [0.3, 0.4) is 0 Å². The fraction of sp³-hybridized carbons (Fsp3) is 0.621. The van der Waals surface area contributed by atoms with Crippen LogP contribution in [0.1, 0.15) is 68.5 Å². The molecule has 2 aromatic heterocycles. The summed E-state index contributed by atoms with van der Waals surface area (Å²) in [5.74, 6) is -5.15. The molecule has 1 N–H and O–H groups in total. The third-order valence-electron chi connectivity index (χ3n) is 8.51. The number of hydrogen-bond acceptors (Lipinski definition) is 10. The number of halogens is 3. The van der Waals surface area contributed by atoms with E-state index in [0.29, 0.717) is 18.5 Å². The van der Waals surface area contributed by atoms with Gasteiger partial charge in [-0.2, -0.15) is 0 Å². The van der Waals surface area contributed by atoms with E-state index in [1.807, 2.05) is 6.92 Å². The van der Waals surface area contributed by atoms with Crippen LogP contribution in [0.2, 0.25) is 0 Å². The summed E-state index contributed by atoms with van der Waals surface area (Å²) in [5, 5.41) is 24.2. The molecule has 3 aliphatic rings. The van der Waals surface area contributed by atoms with E-state index in [-0.39, 0.29) is 17.9 Å². The minimum absolute atomic E-state index is 0.0282. The minimum atomic E-state index is -1.56. The maximum Gasteiger partial charge on any atom is 0.194 e. The molecule has 1 aromatic carbocycles. The topological polar surface area (TPSA) is 114 Å². The normalized spacial score (nSPS) is 29.3. The number of aromatic nitrogens is 4. The Bertz CT molecular complexity index is 1420. The second-order valence-electron chi connectivity index (χ2n) is 11.9. The molecular weight excluding hydrogens is 589 g/mol. The van der Waals surface area contributed by atoms with Crippen LogP contribution >= 0.6 is 11.8 Å². The zero-order chi connectivity index (χ0) is 30.5. The number of methoxy groups -OCH3 is 1. The minimum Gasteiger partial charge on any atom is -0.388 e. The molecular formula is C29H35F3N4O6S. The summed E-state index contributed by atoms with van der Waals surface area (Å²) >= 11 is 1.41. The van der Waals surface area contributed by atoms with E-state index in [2.05, 4.69) is 15.5 Å². The molecule has 1 unspecified atom stereocenters. The maximum absolute atomic E-state index is 14.0. The molecule has 0 amide bonds. The van der Waals surface area contributed by atoms with Gasteiger partial charge < -0.3 is 28.6 Å². The lowest BCUT2D eigenvalue weighted by atomic mass is 9.81. The van der Waals surface area contributed by atoms with Gasteiger partial charge in [0.25, 0.3) is 0 Å². The van der Waals surface area contributed by atoms with Crippen LogP contribution in [0.15, 0.2) is 29.1 Å². The van der Waals surface area contributed by atoms with E-state index in [4.69, 9.17) is 23.5 Å². The van der Waals surface area contributed by atoms with Gasteiger partial charge in [0.15, 0.2) is 23.2 Å². The molecule has 4 heterocycles. The maximum atomic E-state index is 14.0. The molecule has 2 saturated heterocycles. The quantitative estimate of drug-likeness (QED) is 0.349. The summed E-state index contributed by atoms with van der Waals surface area (Å²) in [6.45, 7) is 5.70. The Morgan fingerprint density at radius 3 is 2.51 bits per heavy atom. The van der Waals surface area contributed by atoms with Crippen LogP contribution < -0.4 is 0 Å². The summed E-state index contributed by atoms with van der Waals surface area (Å²) in [7, 11) is 1.55. The van der Waals surface area contributed by atoms with Crippen molar-refractivity contribution >= 4 is 11.8 Å². The number of fused-ring (bicyclic) bond motifs is 1. The van der Waals surface area contributed by atoms with E-state index in [1.165, 1.54) is 22.6 Å². The Morgan fingerprint density at radius 1 is 1.14 bits per heavy atom. The van der Waals surface area contributed by atoms with Gasteiger partial charge in [-0.05, 0) is 45.7 Å². The van der Waals surface area contributed by atoms with E-state index >= 15 is 0 Å². The van der Waals surface area contributed by atoms with Crippen molar-refractivity contribution in [3.8, 4) is 11.3 Å². The summed E-state index contributed by atoms with van der Waals surface area (Å²) in [4.78, 5) is 0. The number of ether oxygens (including phenoxy) is 4. The third-order valence-corrected chi connectivity index (χ3v) is 10.1. The average Bonchev–Trinajstić information content (AvgIpc) is 3.63. The van der Waals surface area contributed by atoms with Gasteiger partial charge >= 0.3 is 0 Å². The van der Waals surface area contributed by atoms with Gasteiger partial charge in [-0.1, -0.05) is 29.6 Å². The third kappa shape index (κ3) is 5.85. The number of aryl methyl sites for hydroxylation is 1. The highest BCUT2D eigenvalue weighted by Gasteiger charge is 2.55. The lowest BCUT2D eigenvalue weighted by Gasteiger charge is -2.51. The van der Waals surface area contributed by atoms with Crippen molar-refractivity contribution in [1.82, 2.24) is 20.2 Å². The fourth-order valence-corrected chi connectivity index (χ4v) is 8.04. The second-order valence-corrected chi connectivity index (χ2v) is 13.1. The highest BCUT2D eigenvalue weighted by atomic mass is 32.2. The van der Waals surface area contributed by atoms with Crippen molar-refractivity contribution in [1.29, 1.82) is 0 Å². The molecule has 0 bridgehead atoms. The Hall–Kier alpha value is -2.49. The fourth-order valence-electron chi connectivity index (χ4n) is 6.29. The van der Waals surface area contributed by atoms with E-state index in [0.717, 1.165) is 37.0 Å². The SMILES string of the molecule is CO[C@@H]1[C@@H](n2cc(-c3cc(F)c(F)c(F)c3)nn2)[C@H]2OC(C)(C)OC[C@H]2O[C@H]1SC(c1nocc1C)C1(O)CCCCC1. The summed E-state index contributed by atoms with van der Waals surface area (Å²) in [6.07, 6.45) is 5.29. The van der Waals surface area contributed by atoms with Gasteiger partial charge in [0.1, 0.15) is 47.4 Å². The molecule has 6 atom stereocenters. The van der Waals surface area contributed by atoms with Gasteiger partial charge in [0.2, 0.25) is 0 Å². The van der Waals surface area contributed by atoms with Crippen LogP contribution in [-0.2, 0) is 18.9 Å². The van der Waals surface area contributed by atoms with Crippen LogP contribution in [0.5, 0.6) is 0 Å².